The third kappa shape index (κ3) is 3.09. The summed E-state index contributed by atoms with van der Waals surface area (Å²) in [6, 6.07) is 8.82. The summed E-state index contributed by atoms with van der Waals surface area (Å²) in [6.45, 7) is 0.465. The van der Waals surface area contributed by atoms with Crippen LogP contribution >= 0.6 is 0 Å². The largest absolute Gasteiger partial charge is 0.353 e. The summed E-state index contributed by atoms with van der Waals surface area (Å²) in [5.41, 5.74) is 1.62. The van der Waals surface area contributed by atoms with E-state index in [4.69, 9.17) is 0 Å². The van der Waals surface area contributed by atoms with Gasteiger partial charge in [-0.05, 0) is 30.3 Å². The minimum absolute atomic E-state index is 0.0948. The molecular formula is C14H15N5O2. The molecule has 2 amide bonds. The summed E-state index contributed by atoms with van der Waals surface area (Å²) >= 11 is 0. The molecule has 1 saturated heterocycles. The molecule has 7 heteroatoms. The van der Waals surface area contributed by atoms with E-state index in [2.05, 4.69) is 21.0 Å². The molecule has 2 aromatic rings. The van der Waals surface area contributed by atoms with Crippen LogP contribution in [0.5, 0.6) is 0 Å². The Bertz CT molecular complexity index is 626. The number of benzene rings is 1. The Labute approximate surface area is 121 Å². The van der Waals surface area contributed by atoms with Crippen LogP contribution in [0.1, 0.15) is 0 Å². The quantitative estimate of drug-likeness (QED) is 0.735. The molecule has 2 heterocycles. The van der Waals surface area contributed by atoms with Crippen LogP contribution in [0.4, 0.5) is 5.69 Å². The van der Waals surface area contributed by atoms with Crippen molar-refractivity contribution in [3.8, 4) is 5.69 Å². The van der Waals surface area contributed by atoms with Crippen molar-refractivity contribution in [1.82, 2.24) is 20.4 Å². The predicted molar refractivity (Wildman–Crippen MR) is 77.0 cm³/mol. The molecule has 108 valence electrons. The molecule has 1 aliphatic heterocycles. The van der Waals surface area contributed by atoms with E-state index in [1.165, 1.54) is 0 Å². The lowest BCUT2D eigenvalue weighted by molar-refractivity contribution is -0.124. The molecule has 21 heavy (non-hydrogen) atoms. The fourth-order valence-corrected chi connectivity index (χ4v) is 2.10. The van der Waals surface area contributed by atoms with E-state index in [9.17, 15) is 9.59 Å². The highest BCUT2D eigenvalue weighted by Gasteiger charge is 2.23. The lowest BCUT2D eigenvalue weighted by atomic mass is 10.2. The summed E-state index contributed by atoms with van der Waals surface area (Å²) in [7, 11) is 0. The van der Waals surface area contributed by atoms with E-state index in [1.54, 1.807) is 10.9 Å². The van der Waals surface area contributed by atoms with Gasteiger partial charge in [-0.3, -0.25) is 14.9 Å². The van der Waals surface area contributed by atoms with Crippen molar-refractivity contribution in [3.63, 3.8) is 0 Å². The number of hydrogen-bond acceptors (Lipinski definition) is 4. The summed E-state index contributed by atoms with van der Waals surface area (Å²) in [6.07, 6.45) is 3.56. The van der Waals surface area contributed by atoms with E-state index < -0.39 is 6.04 Å². The SMILES string of the molecule is O=C1CNC(C(=O)Nc2ccc(-n3cccn3)cc2)CN1. The number of anilines is 1. The average Bonchev–Trinajstić information content (AvgIpc) is 3.03. The van der Waals surface area contributed by atoms with Crippen molar-refractivity contribution >= 4 is 17.5 Å². The molecular weight excluding hydrogens is 270 g/mol. The molecule has 1 fully saturated rings. The first kappa shape index (κ1) is 13.3. The van der Waals surface area contributed by atoms with Gasteiger partial charge in [-0.25, -0.2) is 4.68 Å². The lowest BCUT2D eigenvalue weighted by Gasteiger charge is -2.23. The molecule has 0 bridgehead atoms. The highest BCUT2D eigenvalue weighted by molar-refractivity contribution is 5.96. The number of aromatic nitrogens is 2. The highest BCUT2D eigenvalue weighted by Crippen LogP contribution is 2.12. The van der Waals surface area contributed by atoms with Crippen LogP contribution in [0.2, 0.25) is 0 Å². The van der Waals surface area contributed by atoms with Gasteiger partial charge in [0, 0.05) is 24.6 Å². The highest BCUT2D eigenvalue weighted by atomic mass is 16.2. The van der Waals surface area contributed by atoms with Gasteiger partial charge in [0.05, 0.1) is 12.2 Å². The van der Waals surface area contributed by atoms with Crippen molar-refractivity contribution in [2.45, 2.75) is 6.04 Å². The molecule has 3 N–H and O–H groups in total. The van der Waals surface area contributed by atoms with E-state index >= 15 is 0 Å². The van der Waals surface area contributed by atoms with Crippen molar-refractivity contribution in [1.29, 1.82) is 0 Å². The van der Waals surface area contributed by atoms with Crippen LogP contribution in [0.3, 0.4) is 0 Å². The Hall–Kier alpha value is -2.67. The summed E-state index contributed by atoms with van der Waals surface area (Å²) in [4.78, 5) is 23.1. The average molecular weight is 285 g/mol. The van der Waals surface area contributed by atoms with Gasteiger partial charge >= 0.3 is 0 Å². The second-order valence-corrected chi connectivity index (χ2v) is 4.72. The Kier molecular flexibility index (Phi) is 3.65. The van der Waals surface area contributed by atoms with Gasteiger partial charge in [0.15, 0.2) is 0 Å². The standard InChI is InChI=1S/C14H15N5O2/c20-13-9-15-12(8-16-13)14(21)18-10-2-4-11(5-3-10)19-7-1-6-17-19/h1-7,12,15H,8-9H2,(H,16,20)(H,18,21). The zero-order chi connectivity index (χ0) is 14.7. The fourth-order valence-electron chi connectivity index (χ4n) is 2.10. The summed E-state index contributed by atoms with van der Waals surface area (Å²) < 4.78 is 1.74. The lowest BCUT2D eigenvalue weighted by Crippen LogP contribution is -2.56. The normalized spacial score (nSPS) is 18.1. The molecule has 3 rings (SSSR count). The van der Waals surface area contributed by atoms with Crippen LogP contribution in [-0.4, -0.2) is 40.7 Å². The molecule has 1 atom stereocenters. The van der Waals surface area contributed by atoms with E-state index in [-0.39, 0.29) is 18.4 Å². The Morgan fingerprint density at radius 1 is 1.33 bits per heavy atom. The minimum atomic E-state index is -0.409. The third-order valence-electron chi connectivity index (χ3n) is 3.23. The number of carbonyl (C=O) groups is 2. The number of carbonyl (C=O) groups excluding carboxylic acids is 2. The molecule has 1 aromatic carbocycles. The number of hydrogen-bond donors (Lipinski definition) is 3. The zero-order valence-corrected chi connectivity index (χ0v) is 11.2. The Morgan fingerprint density at radius 3 is 2.76 bits per heavy atom. The van der Waals surface area contributed by atoms with Crippen LogP contribution < -0.4 is 16.0 Å². The molecule has 1 unspecified atom stereocenters. The van der Waals surface area contributed by atoms with Gasteiger partial charge in [-0.15, -0.1) is 0 Å². The van der Waals surface area contributed by atoms with Crippen LogP contribution in [0, 0.1) is 0 Å². The van der Waals surface area contributed by atoms with Crippen molar-refractivity contribution < 1.29 is 9.59 Å². The number of rotatable bonds is 3. The Balaban J connectivity index is 1.62. The van der Waals surface area contributed by atoms with Crippen molar-refractivity contribution in [3.05, 3.63) is 42.7 Å². The van der Waals surface area contributed by atoms with Gasteiger partial charge < -0.3 is 10.6 Å². The maximum atomic E-state index is 12.0. The first-order valence-corrected chi connectivity index (χ1v) is 6.63. The smallest absolute Gasteiger partial charge is 0.243 e. The molecule has 1 aromatic heterocycles. The predicted octanol–water partition coefficient (Wildman–Crippen LogP) is -0.101. The second kappa shape index (κ2) is 5.76. The molecule has 0 saturated carbocycles. The van der Waals surface area contributed by atoms with E-state index in [1.807, 2.05) is 36.5 Å². The van der Waals surface area contributed by atoms with E-state index in [0.717, 1.165) is 5.69 Å². The van der Waals surface area contributed by atoms with Crippen LogP contribution in [-0.2, 0) is 9.59 Å². The molecule has 0 spiro atoms. The summed E-state index contributed by atoms with van der Waals surface area (Å²) in [5.74, 6) is -0.260. The Morgan fingerprint density at radius 2 is 2.14 bits per heavy atom. The fraction of sp³-hybridized carbons (Fsp3) is 0.214. The monoisotopic (exact) mass is 285 g/mol. The maximum absolute atomic E-state index is 12.0. The molecule has 1 aliphatic rings. The minimum Gasteiger partial charge on any atom is -0.353 e. The van der Waals surface area contributed by atoms with Crippen LogP contribution in [0.25, 0.3) is 5.69 Å². The van der Waals surface area contributed by atoms with Gasteiger partial charge in [0.1, 0.15) is 6.04 Å². The first-order valence-electron chi connectivity index (χ1n) is 6.63. The van der Waals surface area contributed by atoms with Gasteiger partial charge in [0.2, 0.25) is 11.8 Å². The summed E-state index contributed by atoms with van der Waals surface area (Å²) in [5, 5.41) is 12.5. The second-order valence-electron chi connectivity index (χ2n) is 4.72. The zero-order valence-electron chi connectivity index (χ0n) is 11.2. The van der Waals surface area contributed by atoms with Crippen LogP contribution in [0.15, 0.2) is 42.7 Å². The molecule has 7 nitrogen and oxygen atoms in total. The number of nitrogens with one attached hydrogen (secondary N) is 3. The van der Waals surface area contributed by atoms with Crippen molar-refractivity contribution in [2.75, 3.05) is 18.4 Å². The number of amides is 2. The third-order valence-corrected chi connectivity index (χ3v) is 3.23. The molecule has 0 radical (unpaired) electrons. The number of piperazine rings is 1. The van der Waals surface area contributed by atoms with Gasteiger partial charge in [-0.1, -0.05) is 0 Å². The van der Waals surface area contributed by atoms with Gasteiger partial charge in [-0.2, -0.15) is 5.10 Å². The van der Waals surface area contributed by atoms with E-state index in [0.29, 0.717) is 12.2 Å². The number of nitrogens with zero attached hydrogens (tertiary/aromatic N) is 2. The van der Waals surface area contributed by atoms with Crippen molar-refractivity contribution in [2.24, 2.45) is 0 Å². The maximum Gasteiger partial charge on any atom is 0.243 e. The van der Waals surface area contributed by atoms with Gasteiger partial charge in [0.25, 0.3) is 0 Å². The topological polar surface area (TPSA) is 88.1 Å². The first-order chi connectivity index (χ1) is 10.2. The molecule has 0 aliphatic carbocycles.